The number of hydrogen-bond acceptors (Lipinski definition) is 4. The van der Waals surface area contributed by atoms with Crippen LogP contribution in [0.2, 0.25) is 0 Å². The first kappa shape index (κ1) is 20.1. The summed E-state index contributed by atoms with van der Waals surface area (Å²) in [6, 6.07) is 0.0693. The number of nitrogens with zero attached hydrogens (tertiary/aromatic N) is 1. The highest BCUT2D eigenvalue weighted by Crippen LogP contribution is 2.13. The van der Waals surface area contributed by atoms with Crippen LogP contribution in [0.5, 0.6) is 0 Å². The molecule has 0 saturated carbocycles. The van der Waals surface area contributed by atoms with Crippen molar-refractivity contribution >= 4 is 16.0 Å². The second-order valence-corrected chi connectivity index (χ2v) is 7.87. The fraction of sp³-hybridized carbons (Fsp3) is 0.786. The van der Waals surface area contributed by atoms with Gasteiger partial charge in [-0.25, -0.2) is 8.42 Å². The summed E-state index contributed by atoms with van der Waals surface area (Å²) >= 11 is 0. The van der Waals surface area contributed by atoms with Crippen LogP contribution in [-0.2, 0) is 14.9 Å². The van der Waals surface area contributed by atoms with E-state index in [4.69, 9.17) is 0 Å². The highest BCUT2D eigenvalue weighted by Gasteiger charge is 2.25. The third-order valence-corrected chi connectivity index (χ3v) is 4.62. The van der Waals surface area contributed by atoms with Gasteiger partial charge in [-0.3, -0.25) is 4.79 Å². The van der Waals surface area contributed by atoms with E-state index < -0.39 is 10.1 Å². The zero-order chi connectivity index (χ0) is 16.8. The van der Waals surface area contributed by atoms with Gasteiger partial charge in [-0.1, -0.05) is 6.58 Å². The van der Waals surface area contributed by atoms with Crippen molar-refractivity contribution in [2.75, 3.05) is 26.4 Å². The summed E-state index contributed by atoms with van der Waals surface area (Å²) < 4.78 is 32.7. The average Bonchev–Trinajstić information content (AvgIpc) is 2.32. The van der Waals surface area contributed by atoms with Gasteiger partial charge in [0.2, 0.25) is 5.91 Å². The van der Waals surface area contributed by atoms with E-state index in [0.717, 1.165) is 13.0 Å². The first-order valence-electron chi connectivity index (χ1n) is 7.08. The van der Waals surface area contributed by atoms with Crippen LogP contribution in [0.4, 0.5) is 0 Å². The van der Waals surface area contributed by atoms with E-state index >= 15 is 0 Å². The number of hydrogen-bond donors (Lipinski definition) is 1. The molecule has 0 heterocycles. The van der Waals surface area contributed by atoms with E-state index in [1.54, 1.807) is 6.92 Å². The molecular formula is C14H28N2O4S. The number of carbonyl (C=O) groups excluding carboxylic acids is 1. The number of carbonyl (C=O) groups is 1. The molecule has 0 aromatic rings. The Balaban J connectivity index is 4.34. The lowest BCUT2D eigenvalue weighted by molar-refractivity contribution is -0.913. The maximum atomic E-state index is 11.5. The van der Waals surface area contributed by atoms with Crippen molar-refractivity contribution in [3.8, 4) is 0 Å². The third kappa shape index (κ3) is 8.85. The van der Waals surface area contributed by atoms with Gasteiger partial charge in [0, 0.05) is 30.2 Å². The Morgan fingerprint density at radius 3 is 2.24 bits per heavy atom. The van der Waals surface area contributed by atoms with E-state index in [2.05, 4.69) is 11.9 Å². The minimum absolute atomic E-state index is 0.0158. The smallest absolute Gasteiger partial charge is 0.246 e. The Morgan fingerprint density at radius 1 is 1.29 bits per heavy atom. The van der Waals surface area contributed by atoms with Gasteiger partial charge in [0.1, 0.15) is 0 Å². The van der Waals surface area contributed by atoms with Crippen LogP contribution >= 0.6 is 0 Å². The van der Waals surface area contributed by atoms with Gasteiger partial charge in [0.05, 0.1) is 36.8 Å². The highest BCUT2D eigenvalue weighted by molar-refractivity contribution is 7.85. The van der Waals surface area contributed by atoms with Gasteiger partial charge >= 0.3 is 0 Å². The summed E-state index contributed by atoms with van der Waals surface area (Å²) in [6.07, 6.45) is 1.10. The predicted molar refractivity (Wildman–Crippen MR) is 82.7 cm³/mol. The molecule has 0 radical (unpaired) electrons. The Hall–Kier alpha value is -0.920. The summed E-state index contributed by atoms with van der Waals surface area (Å²) in [5.41, 5.74) is 0.477. The molecular weight excluding hydrogens is 292 g/mol. The number of nitrogens with one attached hydrogen (secondary N) is 1. The standard InChI is InChI=1S/C14H28N2O4S/c1-11(2)14(17)15-12(3)7-9-16(5,6)13(4)8-10-21(18,19)20/h12-13H,1,7-10H2,2-6H3,(H-,15,17,18,19,20). The van der Waals surface area contributed by atoms with E-state index in [1.165, 1.54) is 0 Å². The molecule has 2 atom stereocenters. The van der Waals surface area contributed by atoms with E-state index in [-0.39, 0.29) is 23.7 Å². The SMILES string of the molecule is C=C(C)C(=O)NC(C)CC[N+](C)(C)C(C)CCS(=O)(=O)[O-]. The number of quaternary nitrogens is 1. The maximum Gasteiger partial charge on any atom is 0.246 e. The van der Waals surface area contributed by atoms with Crippen LogP contribution in [0.1, 0.15) is 33.6 Å². The topological polar surface area (TPSA) is 86.3 Å². The fourth-order valence-corrected chi connectivity index (χ4v) is 2.46. The Kier molecular flexibility index (Phi) is 7.56. The molecule has 0 saturated heterocycles. The molecule has 124 valence electrons. The minimum atomic E-state index is -4.16. The quantitative estimate of drug-likeness (QED) is 0.388. The lowest BCUT2D eigenvalue weighted by Crippen LogP contribution is -2.50. The molecule has 0 aliphatic carbocycles. The molecule has 0 spiro atoms. The first-order chi connectivity index (χ1) is 9.35. The lowest BCUT2D eigenvalue weighted by atomic mass is 10.1. The van der Waals surface area contributed by atoms with Crippen molar-refractivity contribution in [3.63, 3.8) is 0 Å². The molecule has 0 aliphatic rings. The molecule has 0 aliphatic heterocycles. The second kappa shape index (κ2) is 7.91. The van der Waals surface area contributed by atoms with Crippen molar-refractivity contribution in [1.29, 1.82) is 0 Å². The molecule has 0 fully saturated rings. The average molecular weight is 320 g/mol. The Labute approximate surface area is 128 Å². The van der Waals surface area contributed by atoms with Crippen LogP contribution in [0.25, 0.3) is 0 Å². The normalized spacial score (nSPS) is 15.3. The molecule has 0 rings (SSSR count). The molecule has 0 aromatic carbocycles. The van der Waals surface area contributed by atoms with Crippen molar-refractivity contribution in [2.45, 2.75) is 45.7 Å². The summed E-state index contributed by atoms with van der Waals surface area (Å²) in [6.45, 7) is 9.88. The summed E-state index contributed by atoms with van der Waals surface area (Å²) in [5.74, 6) is -0.490. The molecule has 0 aromatic heterocycles. The fourth-order valence-electron chi connectivity index (χ4n) is 1.83. The van der Waals surface area contributed by atoms with E-state index in [1.807, 2.05) is 27.9 Å². The van der Waals surface area contributed by atoms with Gasteiger partial charge < -0.3 is 14.4 Å². The zero-order valence-electron chi connectivity index (χ0n) is 13.7. The van der Waals surface area contributed by atoms with E-state index in [9.17, 15) is 17.8 Å². The summed E-state index contributed by atoms with van der Waals surface area (Å²) in [5, 5.41) is 2.85. The lowest BCUT2D eigenvalue weighted by Gasteiger charge is -2.37. The van der Waals surface area contributed by atoms with Gasteiger partial charge in [0.15, 0.2) is 0 Å². The minimum Gasteiger partial charge on any atom is -0.748 e. The van der Waals surface area contributed by atoms with Crippen LogP contribution in [-0.4, -0.2) is 61.8 Å². The van der Waals surface area contributed by atoms with Crippen molar-refractivity contribution in [3.05, 3.63) is 12.2 Å². The number of rotatable bonds is 9. The van der Waals surface area contributed by atoms with Crippen LogP contribution < -0.4 is 5.32 Å². The summed E-state index contributed by atoms with van der Waals surface area (Å²) in [4.78, 5) is 11.5. The van der Waals surface area contributed by atoms with Crippen LogP contribution in [0.3, 0.4) is 0 Å². The highest BCUT2D eigenvalue weighted by atomic mass is 32.2. The van der Waals surface area contributed by atoms with Gasteiger partial charge in [-0.05, 0) is 20.8 Å². The van der Waals surface area contributed by atoms with Gasteiger partial charge in [0.25, 0.3) is 0 Å². The van der Waals surface area contributed by atoms with Crippen LogP contribution in [0.15, 0.2) is 12.2 Å². The Bertz CT molecular complexity index is 471. The predicted octanol–water partition coefficient (Wildman–Crippen LogP) is 0.858. The van der Waals surface area contributed by atoms with Gasteiger partial charge in [-0.15, -0.1) is 0 Å². The van der Waals surface area contributed by atoms with Crippen molar-refractivity contribution < 1.29 is 22.2 Å². The Morgan fingerprint density at radius 2 is 1.81 bits per heavy atom. The molecule has 7 heteroatoms. The molecule has 1 amide bonds. The summed E-state index contributed by atoms with van der Waals surface area (Å²) in [7, 11) is -0.172. The molecule has 0 bridgehead atoms. The molecule has 1 N–H and O–H groups in total. The molecule has 6 nitrogen and oxygen atoms in total. The van der Waals surface area contributed by atoms with E-state index in [0.29, 0.717) is 16.5 Å². The molecule has 21 heavy (non-hydrogen) atoms. The first-order valence-corrected chi connectivity index (χ1v) is 8.65. The monoisotopic (exact) mass is 320 g/mol. The zero-order valence-corrected chi connectivity index (χ0v) is 14.5. The number of amides is 1. The van der Waals surface area contributed by atoms with Crippen molar-refractivity contribution in [2.24, 2.45) is 0 Å². The van der Waals surface area contributed by atoms with Crippen LogP contribution in [0, 0.1) is 0 Å². The van der Waals surface area contributed by atoms with Crippen molar-refractivity contribution in [1.82, 2.24) is 5.32 Å². The molecule has 2 unspecified atom stereocenters. The second-order valence-electron chi connectivity index (χ2n) is 6.35. The largest absolute Gasteiger partial charge is 0.748 e. The third-order valence-electron chi connectivity index (χ3n) is 3.88. The van der Waals surface area contributed by atoms with Gasteiger partial charge in [-0.2, -0.15) is 0 Å². The maximum absolute atomic E-state index is 11.5.